The molecule has 0 spiro atoms. The zero-order chi connectivity index (χ0) is 13.9. The highest BCUT2D eigenvalue weighted by Crippen LogP contribution is 2.32. The third kappa shape index (κ3) is 2.56. The number of para-hydroxylation sites is 1. The van der Waals surface area contributed by atoms with Crippen LogP contribution in [0.1, 0.15) is 50.4 Å². The highest BCUT2D eigenvalue weighted by Gasteiger charge is 2.21. The standard InChI is InChI=1S/C16H20ClFN2/c17-11-10-15-19-16-13(18)8-5-9-14(16)20(15)12-6-3-1-2-4-7-12/h5,8-9,12H,1-4,6-7,10-11H2. The summed E-state index contributed by atoms with van der Waals surface area (Å²) in [6.45, 7) is 0. The first kappa shape index (κ1) is 13.9. The minimum Gasteiger partial charge on any atom is -0.325 e. The molecule has 2 aromatic rings. The molecule has 1 aliphatic carbocycles. The van der Waals surface area contributed by atoms with Crippen LogP contribution >= 0.6 is 11.6 Å². The van der Waals surface area contributed by atoms with Crippen LogP contribution in [0, 0.1) is 5.82 Å². The summed E-state index contributed by atoms with van der Waals surface area (Å²) < 4.78 is 16.2. The average Bonchev–Trinajstić information content (AvgIpc) is 2.63. The van der Waals surface area contributed by atoms with E-state index in [1.165, 1.54) is 31.7 Å². The van der Waals surface area contributed by atoms with Crippen LogP contribution in [0.5, 0.6) is 0 Å². The van der Waals surface area contributed by atoms with Gasteiger partial charge in [0.25, 0.3) is 0 Å². The van der Waals surface area contributed by atoms with E-state index in [0.717, 1.165) is 24.2 Å². The lowest BCUT2D eigenvalue weighted by atomic mass is 10.1. The van der Waals surface area contributed by atoms with E-state index in [0.29, 0.717) is 23.9 Å². The smallest absolute Gasteiger partial charge is 0.151 e. The van der Waals surface area contributed by atoms with Gasteiger partial charge in [-0.3, -0.25) is 0 Å². The molecule has 108 valence electrons. The summed E-state index contributed by atoms with van der Waals surface area (Å²) in [6, 6.07) is 5.69. The van der Waals surface area contributed by atoms with Crippen LogP contribution in [0.25, 0.3) is 11.0 Å². The van der Waals surface area contributed by atoms with Crippen molar-refractivity contribution < 1.29 is 4.39 Å². The van der Waals surface area contributed by atoms with Crippen molar-refractivity contribution in [3.8, 4) is 0 Å². The van der Waals surface area contributed by atoms with Crippen LogP contribution in [0.4, 0.5) is 4.39 Å². The number of benzene rings is 1. The molecular formula is C16H20ClFN2. The van der Waals surface area contributed by atoms with Gasteiger partial charge in [-0.05, 0) is 25.0 Å². The first-order chi connectivity index (χ1) is 9.81. The second kappa shape index (κ2) is 6.13. The highest BCUT2D eigenvalue weighted by molar-refractivity contribution is 6.17. The number of fused-ring (bicyclic) bond motifs is 1. The topological polar surface area (TPSA) is 17.8 Å². The van der Waals surface area contributed by atoms with E-state index < -0.39 is 0 Å². The van der Waals surface area contributed by atoms with Gasteiger partial charge in [0.15, 0.2) is 5.82 Å². The number of hydrogen-bond donors (Lipinski definition) is 0. The zero-order valence-electron chi connectivity index (χ0n) is 11.6. The van der Waals surface area contributed by atoms with Crippen molar-refractivity contribution in [3.63, 3.8) is 0 Å². The van der Waals surface area contributed by atoms with Crippen molar-refractivity contribution in [2.45, 2.75) is 51.0 Å². The Balaban J connectivity index is 2.10. The molecular weight excluding hydrogens is 275 g/mol. The van der Waals surface area contributed by atoms with E-state index in [4.69, 9.17) is 11.6 Å². The molecule has 0 unspecified atom stereocenters. The van der Waals surface area contributed by atoms with Crippen molar-refractivity contribution in [2.75, 3.05) is 5.88 Å². The van der Waals surface area contributed by atoms with Gasteiger partial charge in [-0.1, -0.05) is 31.7 Å². The molecule has 2 nitrogen and oxygen atoms in total. The molecule has 20 heavy (non-hydrogen) atoms. The number of nitrogens with zero attached hydrogens (tertiary/aromatic N) is 2. The molecule has 1 saturated carbocycles. The Hall–Kier alpha value is -1.09. The molecule has 1 aliphatic rings. The summed E-state index contributed by atoms with van der Waals surface area (Å²) in [7, 11) is 0. The van der Waals surface area contributed by atoms with Gasteiger partial charge < -0.3 is 4.57 Å². The van der Waals surface area contributed by atoms with Crippen LogP contribution in [0.2, 0.25) is 0 Å². The number of alkyl halides is 1. The third-order valence-electron chi connectivity index (χ3n) is 4.25. The molecule has 4 heteroatoms. The largest absolute Gasteiger partial charge is 0.325 e. The minimum absolute atomic E-state index is 0.231. The summed E-state index contributed by atoms with van der Waals surface area (Å²) in [5.41, 5.74) is 1.42. The Morgan fingerprint density at radius 3 is 2.65 bits per heavy atom. The van der Waals surface area contributed by atoms with Gasteiger partial charge in [0.1, 0.15) is 11.3 Å². The van der Waals surface area contributed by atoms with Gasteiger partial charge in [0.05, 0.1) is 5.52 Å². The fourth-order valence-electron chi connectivity index (χ4n) is 3.32. The molecule has 1 heterocycles. The van der Waals surface area contributed by atoms with Gasteiger partial charge in [0, 0.05) is 18.3 Å². The summed E-state index contributed by atoms with van der Waals surface area (Å²) in [5.74, 6) is 1.23. The lowest BCUT2D eigenvalue weighted by Gasteiger charge is -2.20. The van der Waals surface area contributed by atoms with E-state index in [1.807, 2.05) is 6.07 Å². The predicted octanol–water partition coefficient (Wildman–Crippen LogP) is 4.85. The van der Waals surface area contributed by atoms with E-state index >= 15 is 0 Å². The molecule has 0 bridgehead atoms. The predicted molar refractivity (Wildman–Crippen MR) is 80.9 cm³/mol. The maximum absolute atomic E-state index is 14.0. The summed E-state index contributed by atoms with van der Waals surface area (Å²) >= 11 is 5.90. The Morgan fingerprint density at radius 2 is 1.95 bits per heavy atom. The van der Waals surface area contributed by atoms with Crippen molar-refractivity contribution in [1.29, 1.82) is 0 Å². The van der Waals surface area contributed by atoms with Gasteiger partial charge in [-0.15, -0.1) is 11.6 Å². The Kier molecular flexibility index (Phi) is 4.25. The SMILES string of the molecule is Fc1cccc2c1nc(CCCl)n2C1CCCCCC1. The zero-order valence-corrected chi connectivity index (χ0v) is 12.4. The maximum Gasteiger partial charge on any atom is 0.151 e. The third-order valence-corrected chi connectivity index (χ3v) is 4.44. The fraction of sp³-hybridized carbons (Fsp3) is 0.562. The first-order valence-electron chi connectivity index (χ1n) is 7.52. The quantitative estimate of drug-likeness (QED) is 0.584. The van der Waals surface area contributed by atoms with Crippen molar-refractivity contribution in [3.05, 3.63) is 29.8 Å². The van der Waals surface area contributed by atoms with Gasteiger partial charge in [-0.2, -0.15) is 0 Å². The number of rotatable bonds is 3. The summed E-state index contributed by atoms with van der Waals surface area (Å²) in [4.78, 5) is 4.51. The lowest BCUT2D eigenvalue weighted by molar-refractivity contribution is 0.441. The molecule has 0 radical (unpaired) electrons. The van der Waals surface area contributed by atoms with Gasteiger partial charge >= 0.3 is 0 Å². The number of halogens is 2. The van der Waals surface area contributed by atoms with Crippen molar-refractivity contribution >= 4 is 22.6 Å². The highest BCUT2D eigenvalue weighted by atomic mass is 35.5. The number of hydrogen-bond acceptors (Lipinski definition) is 1. The molecule has 0 amide bonds. The van der Waals surface area contributed by atoms with Gasteiger partial charge in [-0.25, -0.2) is 9.37 Å². The van der Waals surface area contributed by atoms with Gasteiger partial charge in [0.2, 0.25) is 0 Å². The second-order valence-corrected chi connectivity index (χ2v) is 5.97. The molecule has 0 saturated heterocycles. The van der Waals surface area contributed by atoms with Crippen LogP contribution in [-0.2, 0) is 6.42 Å². The van der Waals surface area contributed by atoms with Crippen molar-refractivity contribution in [2.24, 2.45) is 0 Å². The number of imidazole rings is 1. The summed E-state index contributed by atoms with van der Waals surface area (Å²) in [5, 5.41) is 0. The number of aryl methyl sites for hydroxylation is 1. The monoisotopic (exact) mass is 294 g/mol. The van der Waals surface area contributed by atoms with Crippen LogP contribution in [-0.4, -0.2) is 15.4 Å². The molecule has 1 aromatic heterocycles. The molecule has 0 N–H and O–H groups in total. The first-order valence-corrected chi connectivity index (χ1v) is 8.06. The normalized spacial score (nSPS) is 17.5. The van der Waals surface area contributed by atoms with Crippen LogP contribution < -0.4 is 0 Å². The van der Waals surface area contributed by atoms with Crippen LogP contribution in [0.15, 0.2) is 18.2 Å². The van der Waals surface area contributed by atoms with Crippen molar-refractivity contribution in [1.82, 2.24) is 9.55 Å². The molecule has 1 fully saturated rings. The Morgan fingerprint density at radius 1 is 1.20 bits per heavy atom. The van der Waals surface area contributed by atoms with E-state index in [9.17, 15) is 4.39 Å². The number of aromatic nitrogens is 2. The Bertz CT molecular complexity index is 585. The second-order valence-electron chi connectivity index (χ2n) is 5.59. The van der Waals surface area contributed by atoms with E-state index in [1.54, 1.807) is 6.07 Å². The van der Waals surface area contributed by atoms with E-state index in [-0.39, 0.29) is 5.82 Å². The molecule has 0 aliphatic heterocycles. The Labute approximate surface area is 123 Å². The molecule has 1 aromatic carbocycles. The van der Waals surface area contributed by atoms with Crippen LogP contribution in [0.3, 0.4) is 0 Å². The fourth-order valence-corrected chi connectivity index (χ4v) is 3.48. The average molecular weight is 295 g/mol. The molecule has 3 rings (SSSR count). The minimum atomic E-state index is -0.231. The summed E-state index contributed by atoms with van der Waals surface area (Å²) in [6.07, 6.45) is 8.14. The lowest BCUT2D eigenvalue weighted by Crippen LogP contribution is -2.12. The van der Waals surface area contributed by atoms with E-state index in [2.05, 4.69) is 9.55 Å². The maximum atomic E-state index is 14.0. The molecule has 0 atom stereocenters.